The first-order valence-corrected chi connectivity index (χ1v) is 7.93. The van der Waals surface area contributed by atoms with Crippen molar-refractivity contribution >= 4 is 5.69 Å². The Morgan fingerprint density at radius 3 is 2.43 bits per heavy atom. The van der Waals surface area contributed by atoms with E-state index in [9.17, 15) is 5.11 Å². The Morgan fingerprint density at radius 2 is 1.86 bits per heavy atom. The molecule has 1 unspecified atom stereocenters. The van der Waals surface area contributed by atoms with Crippen molar-refractivity contribution in [2.75, 3.05) is 25.4 Å². The molecule has 0 heterocycles. The minimum atomic E-state index is -0.480. The van der Waals surface area contributed by atoms with E-state index in [0.717, 1.165) is 12.3 Å². The normalized spacial score (nSPS) is 12.9. The average molecular weight is 294 g/mol. The first-order chi connectivity index (χ1) is 10.0. The highest BCUT2D eigenvalue weighted by Gasteiger charge is 2.15. The number of hydrogen-bond acceptors (Lipinski definition) is 4. The predicted octanol–water partition coefficient (Wildman–Crippen LogP) is 2.91. The summed E-state index contributed by atoms with van der Waals surface area (Å²) in [6, 6.07) is 7.68. The molecule has 0 aliphatic rings. The number of nitrogens with zero attached hydrogens (tertiary/aromatic N) is 1. The van der Waals surface area contributed by atoms with Gasteiger partial charge in [0.05, 0.1) is 0 Å². The van der Waals surface area contributed by atoms with Crippen molar-refractivity contribution < 1.29 is 9.84 Å². The Labute approximate surface area is 128 Å². The van der Waals surface area contributed by atoms with Gasteiger partial charge in [0.25, 0.3) is 0 Å². The maximum absolute atomic E-state index is 10.1. The van der Waals surface area contributed by atoms with Crippen molar-refractivity contribution in [2.24, 2.45) is 0 Å². The SMILES string of the molecule is CCCCCN(CC(O)COc1ccc(N)cc1)C(C)C. The van der Waals surface area contributed by atoms with Crippen molar-refractivity contribution in [1.29, 1.82) is 0 Å². The van der Waals surface area contributed by atoms with Gasteiger partial charge in [-0.05, 0) is 51.1 Å². The van der Waals surface area contributed by atoms with E-state index in [0.29, 0.717) is 24.9 Å². The monoisotopic (exact) mass is 294 g/mol. The van der Waals surface area contributed by atoms with Crippen LogP contribution in [0, 0.1) is 0 Å². The Balaban J connectivity index is 2.35. The molecule has 0 radical (unpaired) electrons. The van der Waals surface area contributed by atoms with E-state index in [1.807, 2.05) is 12.1 Å². The number of benzene rings is 1. The fourth-order valence-corrected chi connectivity index (χ4v) is 2.21. The molecule has 1 aromatic rings. The summed E-state index contributed by atoms with van der Waals surface area (Å²) in [6.07, 6.45) is 3.16. The van der Waals surface area contributed by atoms with Gasteiger partial charge in [-0.1, -0.05) is 19.8 Å². The number of anilines is 1. The van der Waals surface area contributed by atoms with E-state index >= 15 is 0 Å². The molecule has 0 amide bonds. The van der Waals surface area contributed by atoms with E-state index in [2.05, 4.69) is 25.7 Å². The molecule has 1 aromatic carbocycles. The average Bonchev–Trinajstić information content (AvgIpc) is 2.45. The van der Waals surface area contributed by atoms with Crippen molar-refractivity contribution in [2.45, 2.75) is 52.2 Å². The number of ether oxygens (including phenoxy) is 1. The second-order valence-corrected chi connectivity index (χ2v) is 5.83. The second kappa shape index (κ2) is 9.64. The van der Waals surface area contributed by atoms with Crippen LogP contribution >= 0.6 is 0 Å². The largest absolute Gasteiger partial charge is 0.491 e. The van der Waals surface area contributed by atoms with E-state index in [1.165, 1.54) is 19.3 Å². The van der Waals surface area contributed by atoms with Gasteiger partial charge in [-0.25, -0.2) is 0 Å². The van der Waals surface area contributed by atoms with Gasteiger partial charge in [-0.15, -0.1) is 0 Å². The molecule has 0 aliphatic heterocycles. The molecule has 120 valence electrons. The van der Waals surface area contributed by atoms with Crippen molar-refractivity contribution in [1.82, 2.24) is 4.90 Å². The quantitative estimate of drug-likeness (QED) is 0.514. The van der Waals surface area contributed by atoms with Crippen LogP contribution in [-0.2, 0) is 0 Å². The molecular formula is C17H30N2O2. The summed E-state index contributed by atoms with van der Waals surface area (Å²) < 4.78 is 5.60. The summed E-state index contributed by atoms with van der Waals surface area (Å²) in [5.74, 6) is 0.741. The zero-order valence-electron chi connectivity index (χ0n) is 13.6. The molecular weight excluding hydrogens is 264 g/mol. The molecule has 0 bridgehead atoms. The Bertz CT molecular complexity index is 379. The lowest BCUT2D eigenvalue weighted by molar-refractivity contribution is 0.0568. The van der Waals surface area contributed by atoms with Crippen LogP contribution in [0.25, 0.3) is 0 Å². The first-order valence-electron chi connectivity index (χ1n) is 7.93. The van der Waals surface area contributed by atoms with Gasteiger partial charge in [0, 0.05) is 18.3 Å². The molecule has 4 heteroatoms. The van der Waals surface area contributed by atoms with Crippen LogP contribution in [0.1, 0.15) is 40.0 Å². The highest BCUT2D eigenvalue weighted by atomic mass is 16.5. The minimum absolute atomic E-state index is 0.306. The maximum Gasteiger partial charge on any atom is 0.119 e. The lowest BCUT2D eigenvalue weighted by Gasteiger charge is -2.28. The lowest BCUT2D eigenvalue weighted by atomic mass is 10.2. The number of nitrogen functional groups attached to an aromatic ring is 1. The van der Waals surface area contributed by atoms with Crippen LogP contribution in [0.15, 0.2) is 24.3 Å². The number of hydrogen-bond donors (Lipinski definition) is 2. The molecule has 0 spiro atoms. The van der Waals surface area contributed by atoms with Gasteiger partial charge in [-0.3, -0.25) is 4.90 Å². The maximum atomic E-state index is 10.1. The number of aliphatic hydroxyl groups is 1. The Morgan fingerprint density at radius 1 is 1.19 bits per heavy atom. The highest BCUT2D eigenvalue weighted by molar-refractivity contribution is 5.41. The van der Waals surface area contributed by atoms with E-state index < -0.39 is 6.10 Å². The minimum Gasteiger partial charge on any atom is -0.491 e. The lowest BCUT2D eigenvalue weighted by Crippen LogP contribution is -2.40. The summed E-state index contributed by atoms with van der Waals surface area (Å²) in [4.78, 5) is 2.31. The van der Waals surface area contributed by atoms with Crippen LogP contribution in [0.5, 0.6) is 5.75 Å². The standard InChI is InChI=1S/C17H30N2O2/c1-4-5-6-11-19(14(2)3)12-16(20)13-21-17-9-7-15(18)8-10-17/h7-10,14,16,20H,4-6,11-13,18H2,1-3H3. The van der Waals surface area contributed by atoms with E-state index in [-0.39, 0.29) is 0 Å². The predicted molar refractivity (Wildman–Crippen MR) is 88.6 cm³/mol. The molecule has 3 N–H and O–H groups in total. The van der Waals surface area contributed by atoms with Gasteiger partial charge in [0.15, 0.2) is 0 Å². The zero-order chi connectivity index (χ0) is 15.7. The summed E-state index contributed by atoms with van der Waals surface area (Å²) >= 11 is 0. The van der Waals surface area contributed by atoms with Gasteiger partial charge in [0.2, 0.25) is 0 Å². The van der Waals surface area contributed by atoms with E-state index in [4.69, 9.17) is 10.5 Å². The summed E-state index contributed by atoms with van der Waals surface area (Å²) in [5.41, 5.74) is 6.34. The van der Waals surface area contributed by atoms with Crippen LogP contribution in [0.3, 0.4) is 0 Å². The van der Waals surface area contributed by atoms with Crippen LogP contribution in [0.4, 0.5) is 5.69 Å². The third-order valence-corrected chi connectivity index (χ3v) is 3.55. The third-order valence-electron chi connectivity index (χ3n) is 3.55. The van der Waals surface area contributed by atoms with Crippen molar-refractivity contribution in [3.05, 3.63) is 24.3 Å². The molecule has 21 heavy (non-hydrogen) atoms. The van der Waals surface area contributed by atoms with Gasteiger partial charge < -0.3 is 15.6 Å². The molecule has 0 aromatic heterocycles. The Kier molecular flexibility index (Phi) is 8.16. The number of aliphatic hydroxyl groups excluding tert-OH is 1. The highest BCUT2D eigenvalue weighted by Crippen LogP contribution is 2.13. The molecule has 0 fully saturated rings. The molecule has 0 saturated carbocycles. The molecule has 1 atom stereocenters. The fourth-order valence-electron chi connectivity index (χ4n) is 2.21. The summed E-state index contributed by atoms with van der Waals surface area (Å²) in [5, 5.41) is 10.1. The van der Waals surface area contributed by atoms with E-state index in [1.54, 1.807) is 12.1 Å². The fraction of sp³-hybridized carbons (Fsp3) is 0.647. The van der Waals surface area contributed by atoms with Crippen molar-refractivity contribution in [3.63, 3.8) is 0 Å². The molecule has 4 nitrogen and oxygen atoms in total. The molecule has 0 aliphatic carbocycles. The topological polar surface area (TPSA) is 58.7 Å². The zero-order valence-corrected chi connectivity index (χ0v) is 13.6. The Hall–Kier alpha value is -1.26. The summed E-state index contributed by atoms with van der Waals surface area (Å²) in [7, 11) is 0. The van der Waals surface area contributed by atoms with Crippen LogP contribution in [0.2, 0.25) is 0 Å². The van der Waals surface area contributed by atoms with Crippen molar-refractivity contribution in [3.8, 4) is 5.75 Å². The van der Waals surface area contributed by atoms with Gasteiger partial charge in [-0.2, -0.15) is 0 Å². The summed E-state index contributed by atoms with van der Waals surface area (Å²) in [6.45, 7) is 8.52. The smallest absolute Gasteiger partial charge is 0.119 e. The molecule has 1 rings (SSSR count). The number of unbranched alkanes of at least 4 members (excludes halogenated alkanes) is 2. The first kappa shape index (κ1) is 17.8. The third kappa shape index (κ3) is 7.34. The second-order valence-electron chi connectivity index (χ2n) is 5.83. The number of nitrogens with two attached hydrogens (primary N) is 1. The van der Waals surface area contributed by atoms with Gasteiger partial charge >= 0.3 is 0 Å². The number of rotatable bonds is 10. The van der Waals surface area contributed by atoms with Gasteiger partial charge in [0.1, 0.15) is 18.5 Å². The van der Waals surface area contributed by atoms with Crippen LogP contribution in [-0.4, -0.2) is 41.8 Å². The molecule has 0 saturated heterocycles. The van der Waals surface area contributed by atoms with Crippen LogP contribution < -0.4 is 10.5 Å².